The van der Waals surface area contributed by atoms with Crippen molar-refractivity contribution in [1.82, 2.24) is 15.8 Å². The first kappa shape index (κ1) is 18.4. The van der Waals surface area contributed by atoms with E-state index in [9.17, 15) is 9.59 Å². The fourth-order valence-corrected chi connectivity index (χ4v) is 3.56. The standard InChI is InChI=1S/C18H13Cl2N3O2S/c1-10-15(26-18(21-10)11-5-3-2-4-6-11)17(25)23-22-16(24)13-9-12(19)7-8-14(13)20/h2-9H,1H3,(H,22,24)(H,23,25). The molecule has 3 aromatic rings. The van der Waals surface area contributed by atoms with Gasteiger partial charge in [0.25, 0.3) is 11.8 Å². The highest BCUT2D eigenvalue weighted by atomic mass is 35.5. The third kappa shape index (κ3) is 4.04. The van der Waals surface area contributed by atoms with Crippen LogP contribution >= 0.6 is 34.5 Å². The first-order chi connectivity index (χ1) is 12.5. The van der Waals surface area contributed by atoms with Crippen LogP contribution in [0.3, 0.4) is 0 Å². The van der Waals surface area contributed by atoms with Crippen molar-refractivity contribution in [2.75, 3.05) is 0 Å². The van der Waals surface area contributed by atoms with Gasteiger partial charge in [0.1, 0.15) is 9.88 Å². The molecule has 8 heteroatoms. The summed E-state index contributed by atoms with van der Waals surface area (Å²) in [5.41, 5.74) is 6.40. The summed E-state index contributed by atoms with van der Waals surface area (Å²) >= 11 is 13.1. The summed E-state index contributed by atoms with van der Waals surface area (Å²) in [7, 11) is 0. The quantitative estimate of drug-likeness (QED) is 0.630. The summed E-state index contributed by atoms with van der Waals surface area (Å²) in [6, 6.07) is 14.1. The molecule has 0 radical (unpaired) electrons. The molecule has 0 spiro atoms. The number of rotatable bonds is 3. The van der Waals surface area contributed by atoms with Crippen molar-refractivity contribution < 1.29 is 9.59 Å². The third-order valence-corrected chi connectivity index (χ3v) is 5.26. The largest absolute Gasteiger partial charge is 0.281 e. The molecule has 0 aliphatic carbocycles. The summed E-state index contributed by atoms with van der Waals surface area (Å²) in [4.78, 5) is 29.4. The van der Waals surface area contributed by atoms with Gasteiger partial charge in [-0.3, -0.25) is 20.4 Å². The molecule has 3 rings (SSSR count). The van der Waals surface area contributed by atoms with Crippen molar-refractivity contribution in [2.45, 2.75) is 6.92 Å². The maximum Gasteiger partial charge on any atom is 0.281 e. The molecule has 0 bridgehead atoms. The van der Waals surface area contributed by atoms with Gasteiger partial charge in [-0.25, -0.2) is 4.98 Å². The average Bonchev–Trinajstić information content (AvgIpc) is 3.04. The summed E-state index contributed by atoms with van der Waals surface area (Å²) in [5.74, 6) is -1.01. The molecule has 1 heterocycles. The van der Waals surface area contributed by atoms with E-state index in [-0.39, 0.29) is 10.6 Å². The summed E-state index contributed by atoms with van der Waals surface area (Å²) in [6.07, 6.45) is 0. The number of aromatic nitrogens is 1. The maximum atomic E-state index is 12.4. The minimum absolute atomic E-state index is 0.172. The normalized spacial score (nSPS) is 10.4. The molecule has 0 saturated carbocycles. The highest BCUT2D eigenvalue weighted by molar-refractivity contribution is 7.17. The molecular weight excluding hydrogens is 393 g/mol. The van der Waals surface area contributed by atoms with Crippen LogP contribution in [0.2, 0.25) is 10.0 Å². The third-order valence-electron chi connectivity index (χ3n) is 3.49. The second-order valence-electron chi connectivity index (χ2n) is 5.33. The van der Waals surface area contributed by atoms with Crippen LogP contribution in [0.4, 0.5) is 0 Å². The Morgan fingerprint density at radius 3 is 2.42 bits per heavy atom. The van der Waals surface area contributed by atoms with Crippen molar-refractivity contribution in [2.24, 2.45) is 0 Å². The van der Waals surface area contributed by atoms with Gasteiger partial charge in [-0.1, -0.05) is 53.5 Å². The molecule has 0 aliphatic rings. The monoisotopic (exact) mass is 405 g/mol. The molecule has 132 valence electrons. The molecule has 26 heavy (non-hydrogen) atoms. The molecule has 2 aromatic carbocycles. The number of nitrogens with zero attached hydrogens (tertiary/aromatic N) is 1. The van der Waals surface area contributed by atoms with Gasteiger partial charge in [-0.05, 0) is 25.1 Å². The van der Waals surface area contributed by atoms with Crippen molar-refractivity contribution >= 4 is 46.4 Å². The van der Waals surface area contributed by atoms with E-state index in [1.54, 1.807) is 13.0 Å². The number of halogens is 2. The fraction of sp³-hybridized carbons (Fsp3) is 0.0556. The summed E-state index contributed by atoms with van der Waals surface area (Å²) in [5, 5.41) is 1.34. The van der Waals surface area contributed by atoms with E-state index in [0.29, 0.717) is 15.6 Å². The Labute approximate surface area is 163 Å². The van der Waals surface area contributed by atoms with E-state index in [2.05, 4.69) is 15.8 Å². The molecule has 2 N–H and O–H groups in total. The van der Waals surface area contributed by atoms with Gasteiger partial charge in [0.2, 0.25) is 0 Å². The maximum absolute atomic E-state index is 12.4. The lowest BCUT2D eigenvalue weighted by Crippen LogP contribution is -2.41. The predicted octanol–water partition coefficient (Wildman–Crippen LogP) is 4.50. The van der Waals surface area contributed by atoms with Crippen LogP contribution in [0.5, 0.6) is 0 Å². The number of thiazole rings is 1. The molecule has 0 aliphatic heterocycles. The fourth-order valence-electron chi connectivity index (χ4n) is 2.22. The average molecular weight is 406 g/mol. The van der Waals surface area contributed by atoms with Crippen molar-refractivity contribution in [1.29, 1.82) is 0 Å². The number of aryl methyl sites for hydroxylation is 1. The topological polar surface area (TPSA) is 71.1 Å². The molecule has 0 unspecified atom stereocenters. The zero-order valence-electron chi connectivity index (χ0n) is 13.5. The van der Waals surface area contributed by atoms with Crippen LogP contribution < -0.4 is 10.9 Å². The first-order valence-corrected chi connectivity index (χ1v) is 9.11. The number of carbonyl (C=O) groups excluding carboxylic acids is 2. The van der Waals surface area contributed by atoms with E-state index in [4.69, 9.17) is 23.2 Å². The van der Waals surface area contributed by atoms with Crippen molar-refractivity contribution in [3.8, 4) is 10.6 Å². The lowest BCUT2D eigenvalue weighted by molar-refractivity contribution is 0.0848. The highest BCUT2D eigenvalue weighted by Gasteiger charge is 2.18. The molecule has 0 fully saturated rings. The molecular formula is C18H13Cl2N3O2S. The number of amides is 2. The first-order valence-electron chi connectivity index (χ1n) is 7.54. The zero-order valence-corrected chi connectivity index (χ0v) is 15.9. The van der Waals surface area contributed by atoms with Gasteiger partial charge in [-0.15, -0.1) is 11.3 Å². The van der Waals surface area contributed by atoms with E-state index in [1.807, 2.05) is 30.3 Å². The van der Waals surface area contributed by atoms with Gasteiger partial charge in [0, 0.05) is 10.6 Å². The van der Waals surface area contributed by atoms with E-state index in [1.165, 1.54) is 23.5 Å². The van der Waals surface area contributed by atoms with Crippen LogP contribution in [0.15, 0.2) is 48.5 Å². The summed E-state index contributed by atoms with van der Waals surface area (Å²) < 4.78 is 0. The highest BCUT2D eigenvalue weighted by Crippen LogP contribution is 2.27. The van der Waals surface area contributed by atoms with Crippen LogP contribution in [0.1, 0.15) is 25.7 Å². The second-order valence-corrected chi connectivity index (χ2v) is 7.17. The number of nitrogens with one attached hydrogen (secondary N) is 2. The Kier molecular flexibility index (Phi) is 5.56. The smallest absolute Gasteiger partial charge is 0.267 e. The van der Waals surface area contributed by atoms with Gasteiger partial charge in [0.15, 0.2) is 0 Å². The number of hydrazine groups is 1. The Morgan fingerprint density at radius 2 is 1.69 bits per heavy atom. The Hall–Kier alpha value is -2.41. The van der Waals surface area contributed by atoms with Crippen molar-refractivity contribution in [3.05, 3.63) is 74.7 Å². The molecule has 5 nitrogen and oxygen atoms in total. The molecule has 0 atom stereocenters. The van der Waals surface area contributed by atoms with E-state index in [0.717, 1.165) is 10.6 Å². The Balaban J connectivity index is 1.72. The lowest BCUT2D eigenvalue weighted by Gasteiger charge is -2.08. The van der Waals surface area contributed by atoms with E-state index >= 15 is 0 Å². The van der Waals surface area contributed by atoms with Crippen LogP contribution in [0.25, 0.3) is 10.6 Å². The number of hydrogen-bond acceptors (Lipinski definition) is 4. The van der Waals surface area contributed by atoms with Crippen LogP contribution in [-0.4, -0.2) is 16.8 Å². The van der Waals surface area contributed by atoms with Gasteiger partial charge >= 0.3 is 0 Å². The van der Waals surface area contributed by atoms with Gasteiger partial charge < -0.3 is 0 Å². The predicted molar refractivity (Wildman–Crippen MR) is 104 cm³/mol. The Morgan fingerprint density at radius 1 is 1.00 bits per heavy atom. The molecule has 2 amide bonds. The zero-order chi connectivity index (χ0) is 18.7. The SMILES string of the molecule is Cc1nc(-c2ccccc2)sc1C(=O)NNC(=O)c1cc(Cl)ccc1Cl. The minimum atomic E-state index is -0.559. The number of carbonyl (C=O) groups is 2. The van der Waals surface area contributed by atoms with E-state index < -0.39 is 11.8 Å². The Bertz CT molecular complexity index is 974. The number of benzene rings is 2. The second kappa shape index (κ2) is 7.86. The van der Waals surface area contributed by atoms with Crippen molar-refractivity contribution in [3.63, 3.8) is 0 Å². The van der Waals surface area contributed by atoms with Gasteiger partial charge in [0.05, 0.1) is 16.3 Å². The number of hydrogen-bond donors (Lipinski definition) is 2. The summed E-state index contributed by atoms with van der Waals surface area (Å²) in [6.45, 7) is 1.74. The lowest BCUT2D eigenvalue weighted by atomic mass is 10.2. The minimum Gasteiger partial charge on any atom is -0.267 e. The van der Waals surface area contributed by atoms with Crippen LogP contribution in [-0.2, 0) is 0 Å². The molecule has 0 saturated heterocycles. The van der Waals surface area contributed by atoms with Crippen LogP contribution in [0, 0.1) is 6.92 Å². The van der Waals surface area contributed by atoms with Gasteiger partial charge in [-0.2, -0.15) is 0 Å². The molecule has 1 aromatic heterocycles.